The van der Waals surface area contributed by atoms with Crippen LogP contribution in [0.25, 0.3) is 0 Å². The summed E-state index contributed by atoms with van der Waals surface area (Å²) in [4.78, 5) is 0. The number of rotatable bonds is 9. The van der Waals surface area contributed by atoms with Gasteiger partial charge in [0.25, 0.3) is 0 Å². The lowest BCUT2D eigenvalue weighted by Gasteiger charge is -2.12. The number of benzene rings is 1. The third-order valence-electron chi connectivity index (χ3n) is 2.77. The van der Waals surface area contributed by atoms with Crippen molar-refractivity contribution in [3.8, 4) is 5.75 Å². The van der Waals surface area contributed by atoms with E-state index in [1.165, 1.54) is 12.8 Å². The molecule has 1 atom stereocenters. The van der Waals surface area contributed by atoms with Crippen LogP contribution in [0.1, 0.15) is 12.8 Å². The zero-order valence-electron chi connectivity index (χ0n) is 10.5. The van der Waals surface area contributed by atoms with Crippen molar-refractivity contribution in [1.29, 1.82) is 0 Å². The molecule has 1 aliphatic carbocycles. The average Bonchev–Trinajstić information content (AvgIpc) is 3.21. The van der Waals surface area contributed by atoms with Gasteiger partial charge in [-0.05, 0) is 25.0 Å². The minimum Gasteiger partial charge on any atom is -0.491 e. The Hall–Kier alpha value is -1.10. The molecule has 4 heteroatoms. The maximum atomic E-state index is 9.61. The largest absolute Gasteiger partial charge is 0.491 e. The van der Waals surface area contributed by atoms with E-state index in [-0.39, 0.29) is 0 Å². The number of nitrogens with one attached hydrogen (secondary N) is 1. The van der Waals surface area contributed by atoms with Crippen molar-refractivity contribution >= 4 is 0 Å². The molecular formula is C14H21NO3. The number of hydrogen-bond acceptors (Lipinski definition) is 4. The number of hydrogen-bond donors (Lipinski definition) is 2. The highest BCUT2D eigenvalue weighted by Gasteiger charge is 2.21. The molecule has 0 saturated heterocycles. The Kier molecular flexibility index (Phi) is 5.45. The molecule has 2 N–H and O–H groups in total. The van der Waals surface area contributed by atoms with Gasteiger partial charge < -0.3 is 19.9 Å². The van der Waals surface area contributed by atoms with E-state index in [1.54, 1.807) is 0 Å². The molecule has 100 valence electrons. The summed E-state index contributed by atoms with van der Waals surface area (Å²) in [5.41, 5.74) is 0. The second kappa shape index (κ2) is 7.36. The number of para-hydroxylation sites is 1. The van der Waals surface area contributed by atoms with Crippen LogP contribution in [0.4, 0.5) is 0 Å². The van der Waals surface area contributed by atoms with Gasteiger partial charge in [-0.25, -0.2) is 0 Å². The van der Waals surface area contributed by atoms with E-state index in [0.29, 0.717) is 32.4 Å². The zero-order chi connectivity index (χ0) is 12.6. The van der Waals surface area contributed by atoms with Crippen molar-refractivity contribution in [1.82, 2.24) is 5.32 Å². The lowest BCUT2D eigenvalue weighted by molar-refractivity contribution is 0.0250. The average molecular weight is 251 g/mol. The standard InChI is InChI=1S/C14H21NO3/c16-13(10-15-12-6-7-12)11-17-8-9-18-14-4-2-1-3-5-14/h1-5,12-13,15-16H,6-11H2. The predicted octanol–water partition coefficient (Wildman–Crippen LogP) is 1.19. The molecule has 0 bridgehead atoms. The molecule has 1 unspecified atom stereocenters. The lowest BCUT2D eigenvalue weighted by Crippen LogP contribution is -2.32. The Morgan fingerprint density at radius 1 is 1.22 bits per heavy atom. The van der Waals surface area contributed by atoms with Crippen molar-refractivity contribution in [3.05, 3.63) is 30.3 Å². The van der Waals surface area contributed by atoms with E-state index in [4.69, 9.17) is 9.47 Å². The second-order valence-electron chi connectivity index (χ2n) is 4.57. The molecule has 4 nitrogen and oxygen atoms in total. The molecule has 0 heterocycles. The molecule has 2 rings (SSSR count). The molecule has 1 saturated carbocycles. The summed E-state index contributed by atoms with van der Waals surface area (Å²) in [6.45, 7) is 1.98. The lowest BCUT2D eigenvalue weighted by atomic mass is 10.3. The van der Waals surface area contributed by atoms with Crippen molar-refractivity contribution in [2.45, 2.75) is 25.0 Å². The molecule has 0 amide bonds. The van der Waals surface area contributed by atoms with Crippen LogP contribution in [-0.4, -0.2) is 43.6 Å². The Labute approximate surface area is 108 Å². The van der Waals surface area contributed by atoms with Crippen LogP contribution in [0.5, 0.6) is 5.75 Å². The first-order valence-electron chi connectivity index (χ1n) is 6.51. The monoisotopic (exact) mass is 251 g/mol. The molecule has 1 aromatic rings. The normalized spacial score (nSPS) is 16.5. The highest BCUT2D eigenvalue weighted by molar-refractivity contribution is 5.20. The molecule has 0 aliphatic heterocycles. The highest BCUT2D eigenvalue weighted by Crippen LogP contribution is 2.18. The quantitative estimate of drug-likeness (QED) is 0.647. The Balaban J connectivity index is 1.45. The minimum absolute atomic E-state index is 0.359. The summed E-state index contributed by atoms with van der Waals surface area (Å²) in [6.07, 6.45) is 2.04. The van der Waals surface area contributed by atoms with E-state index in [2.05, 4.69) is 5.32 Å². The first kappa shape index (κ1) is 13.3. The second-order valence-corrected chi connectivity index (χ2v) is 4.57. The summed E-state index contributed by atoms with van der Waals surface area (Å²) in [6, 6.07) is 10.3. The van der Waals surface area contributed by atoms with Gasteiger partial charge >= 0.3 is 0 Å². The van der Waals surface area contributed by atoms with Crippen LogP contribution >= 0.6 is 0 Å². The topological polar surface area (TPSA) is 50.7 Å². The van der Waals surface area contributed by atoms with Crippen LogP contribution in [0.2, 0.25) is 0 Å². The molecule has 1 aromatic carbocycles. The van der Waals surface area contributed by atoms with Gasteiger partial charge in [0, 0.05) is 12.6 Å². The maximum absolute atomic E-state index is 9.61. The van der Waals surface area contributed by atoms with Crippen molar-refractivity contribution in [2.75, 3.05) is 26.4 Å². The maximum Gasteiger partial charge on any atom is 0.119 e. The van der Waals surface area contributed by atoms with Crippen LogP contribution in [0.15, 0.2) is 30.3 Å². The van der Waals surface area contributed by atoms with E-state index >= 15 is 0 Å². The fraction of sp³-hybridized carbons (Fsp3) is 0.571. The number of ether oxygens (including phenoxy) is 2. The van der Waals surface area contributed by atoms with Gasteiger partial charge in [0.2, 0.25) is 0 Å². The van der Waals surface area contributed by atoms with Gasteiger partial charge in [0.15, 0.2) is 0 Å². The zero-order valence-corrected chi connectivity index (χ0v) is 10.5. The molecule has 18 heavy (non-hydrogen) atoms. The van der Waals surface area contributed by atoms with E-state index in [1.807, 2.05) is 30.3 Å². The van der Waals surface area contributed by atoms with Crippen molar-refractivity contribution in [3.63, 3.8) is 0 Å². The third kappa shape index (κ3) is 5.49. The van der Waals surface area contributed by atoms with Crippen LogP contribution in [0, 0.1) is 0 Å². The fourth-order valence-corrected chi connectivity index (χ4v) is 1.60. The summed E-state index contributed by atoms with van der Waals surface area (Å²) in [7, 11) is 0. The van der Waals surface area contributed by atoms with Gasteiger partial charge in [-0.2, -0.15) is 0 Å². The SMILES string of the molecule is OC(CNC1CC1)COCCOc1ccccc1. The first-order chi connectivity index (χ1) is 8.84. The van der Waals surface area contributed by atoms with Crippen molar-refractivity contribution in [2.24, 2.45) is 0 Å². The summed E-state index contributed by atoms with van der Waals surface area (Å²) in [5, 5.41) is 12.9. The number of aliphatic hydroxyl groups excluding tert-OH is 1. The molecule has 1 aliphatic rings. The van der Waals surface area contributed by atoms with E-state index in [9.17, 15) is 5.11 Å². The first-order valence-corrected chi connectivity index (χ1v) is 6.51. The van der Waals surface area contributed by atoms with E-state index in [0.717, 1.165) is 5.75 Å². The van der Waals surface area contributed by atoms with E-state index < -0.39 is 6.10 Å². The van der Waals surface area contributed by atoms with Crippen molar-refractivity contribution < 1.29 is 14.6 Å². The highest BCUT2D eigenvalue weighted by atomic mass is 16.5. The van der Waals surface area contributed by atoms with Gasteiger partial charge in [-0.1, -0.05) is 18.2 Å². The summed E-state index contributed by atoms with van der Waals surface area (Å²) in [5.74, 6) is 0.844. The molecule has 0 spiro atoms. The minimum atomic E-state index is -0.428. The van der Waals surface area contributed by atoms with Gasteiger partial charge in [-0.15, -0.1) is 0 Å². The summed E-state index contributed by atoms with van der Waals surface area (Å²) < 4.78 is 10.8. The fourth-order valence-electron chi connectivity index (χ4n) is 1.60. The third-order valence-corrected chi connectivity index (χ3v) is 2.77. The molecular weight excluding hydrogens is 230 g/mol. The Morgan fingerprint density at radius 2 is 2.00 bits per heavy atom. The molecule has 0 aromatic heterocycles. The van der Waals surface area contributed by atoms with Gasteiger partial charge in [-0.3, -0.25) is 0 Å². The Bertz CT molecular complexity index is 327. The van der Waals surface area contributed by atoms with Gasteiger partial charge in [0.05, 0.1) is 19.3 Å². The Morgan fingerprint density at radius 3 is 2.72 bits per heavy atom. The smallest absolute Gasteiger partial charge is 0.119 e. The van der Waals surface area contributed by atoms with Crippen LogP contribution < -0.4 is 10.1 Å². The summed E-state index contributed by atoms with van der Waals surface area (Å²) >= 11 is 0. The predicted molar refractivity (Wildman–Crippen MR) is 69.8 cm³/mol. The van der Waals surface area contributed by atoms with Crippen LogP contribution in [-0.2, 0) is 4.74 Å². The number of aliphatic hydroxyl groups is 1. The van der Waals surface area contributed by atoms with Crippen LogP contribution in [0.3, 0.4) is 0 Å². The molecule has 0 radical (unpaired) electrons. The molecule has 1 fully saturated rings. The van der Waals surface area contributed by atoms with Gasteiger partial charge in [0.1, 0.15) is 12.4 Å².